The molecule has 3 heterocycles. The molecule has 1 aromatic carbocycles. The standard InChI is InChI=1S/C20H21N3O2S/c1-13-10-16-18(23-9-5-8-15(12-23)20(24)25)21-17(22-19(16)26-13)11-14-6-3-2-4-7-14/h2-4,6-7,10,15H,5,8-9,11-12H2,1H3,(H,24,25). The zero-order valence-electron chi connectivity index (χ0n) is 14.7. The van der Waals surface area contributed by atoms with E-state index in [1.807, 2.05) is 18.2 Å². The molecule has 1 aliphatic rings. The number of benzene rings is 1. The number of nitrogens with zero attached hydrogens (tertiary/aromatic N) is 3. The number of aryl methyl sites for hydroxylation is 1. The summed E-state index contributed by atoms with van der Waals surface area (Å²) in [6.07, 6.45) is 2.29. The number of aliphatic carboxylic acids is 1. The first-order valence-corrected chi connectivity index (χ1v) is 9.70. The summed E-state index contributed by atoms with van der Waals surface area (Å²) in [6.45, 7) is 3.43. The summed E-state index contributed by atoms with van der Waals surface area (Å²) in [6, 6.07) is 12.3. The highest BCUT2D eigenvalue weighted by molar-refractivity contribution is 7.18. The van der Waals surface area contributed by atoms with Crippen LogP contribution in [0.1, 0.15) is 29.1 Å². The molecule has 6 heteroatoms. The lowest BCUT2D eigenvalue weighted by Gasteiger charge is -2.32. The van der Waals surface area contributed by atoms with Crippen molar-refractivity contribution in [2.24, 2.45) is 5.92 Å². The minimum Gasteiger partial charge on any atom is -0.481 e. The van der Waals surface area contributed by atoms with Crippen molar-refractivity contribution >= 4 is 33.3 Å². The minimum atomic E-state index is -0.717. The molecule has 1 unspecified atom stereocenters. The van der Waals surface area contributed by atoms with Crippen molar-refractivity contribution in [3.63, 3.8) is 0 Å². The molecule has 0 bridgehead atoms. The van der Waals surface area contributed by atoms with Crippen LogP contribution >= 0.6 is 11.3 Å². The van der Waals surface area contributed by atoms with Gasteiger partial charge in [-0.3, -0.25) is 4.79 Å². The lowest BCUT2D eigenvalue weighted by molar-refractivity contribution is -0.141. The molecule has 4 rings (SSSR count). The third-order valence-electron chi connectivity index (χ3n) is 4.82. The van der Waals surface area contributed by atoms with Crippen LogP contribution < -0.4 is 4.90 Å². The molecule has 134 valence electrons. The topological polar surface area (TPSA) is 66.3 Å². The van der Waals surface area contributed by atoms with Crippen molar-refractivity contribution < 1.29 is 9.90 Å². The van der Waals surface area contributed by atoms with E-state index in [-0.39, 0.29) is 5.92 Å². The van der Waals surface area contributed by atoms with Gasteiger partial charge in [0.05, 0.1) is 11.3 Å². The molecule has 1 atom stereocenters. The highest BCUT2D eigenvalue weighted by Gasteiger charge is 2.27. The van der Waals surface area contributed by atoms with Crippen LogP contribution in [-0.4, -0.2) is 34.1 Å². The van der Waals surface area contributed by atoms with Crippen LogP contribution in [0.15, 0.2) is 36.4 Å². The summed E-state index contributed by atoms with van der Waals surface area (Å²) in [5, 5.41) is 10.4. The van der Waals surface area contributed by atoms with Gasteiger partial charge in [0.1, 0.15) is 16.5 Å². The van der Waals surface area contributed by atoms with Crippen molar-refractivity contribution in [2.75, 3.05) is 18.0 Å². The second-order valence-electron chi connectivity index (χ2n) is 6.83. The maximum Gasteiger partial charge on any atom is 0.308 e. The number of rotatable bonds is 4. The maximum absolute atomic E-state index is 11.4. The highest BCUT2D eigenvalue weighted by Crippen LogP contribution is 2.33. The van der Waals surface area contributed by atoms with Crippen molar-refractivity contribution in [3.05, 3.63) is 52.7 Å². The predicted octanol–water partition coefficient (Wildman–Crippen LogP) is 3.89. The summed E-state index contributed by atoms with van der Waals surface area (Å²) in [5.74, 6) is 0.631. The van der Waals surface area contributed by atoms with Crippen LogP contribution in [0, 0.1) is 12.8 Å². The van der Waals surface area contributed by atoms with Crippen LogP contribution in [0.2, 0.25) is 0 Å². The van der Waals surface area contributed by atoms with E-state index in [1.165, 1.54) is 10.4 Å². The average Bonchev–Trinajstić information content (AvgIpc) is 3.02. The summed E-state index contributed by atoms with van der Waals surface area (Å²) in [5.41, 5.74) is 1.17. The quantitative estimate of drug-likeness (QED) is 0.758. The van der Waals surface area contributed by atoms with E-state index in [4.69, 9.17) is 9.97 Å². The summed E-state index contributed by atoms with van der Waals surface area (Å²) >= 11 is 1.67. The Labute approximate surface area is 156 Å². The largest absolute Gasteiger partial charge is 0.481 e. The highest BCUT2D eigenvalue weighted by atomic mass is 32.1. The maximum atomic E-state index is 11.4. The molecule has 0 spiro atoms. The third kappa shape index (κ3) is 3.42. The number of anilines is 1. The van der Waals surface area contributed by atoms with Gasteiger partial charge in [0.15, 0.2) is 0 Å². The molecule has 0 saturated carbocycles. The number of aromatic nitrogens is 2. The van der Waals surface area contributed by atoms with Gasteiger partial charge in [0.25, 0.3) is 0 Å². The van der Waals surface area contributed by atoms with Gasteiger partial charge in [-0.2, -0.15) is 0 Å². The van der Waals surface area contributed by atoms with E-state index in [0.717, 1.165) is 41.2 Å². The van der Waals surface area contributed by atoms with E-state index in [1.54, 1.807) is 11.3 Å². The summed E-state index contributed by atoms with van der Waals surface area (Å²) < 4.78 is 0. The zero-order chi connectivity index (χ0) is 18.1. The second-order valence-corrected chi connectivity index (χ2v) is 8.06. The fraction of sp³-hybridized carbons (Fsp3) is 0.350. The van der Waals surface area contributed by atoms with E-state index in [2.05, 4.69) is 30.0 Å². The molecule has 1 aliphatic heterocycles. The number of hydrogen-bond donors (Lipinski definition) is 1. The Morgan fingerprint density at radius 2 is 2.12 bits per heavy atom. The molecule has 5 nitrogen and oxygen atoms in total. The normalized spacial score (nSPS) is 17.6. The van der Waals surface area contributed by atoms with Crippen LogP contribution in [0.4, 0.5) is 5.82 Å². The number of piperidine rings is 1. The van der Waals surface area contributed by atoms with Gasteiger partial charge in [-0.15, -0.1) is 11.3 Å². The lowest BCUT2D eigenvalue weighted by Crippen LogP contribution is -2.39. The molecule has 0 amide bonds. The Kier molecular flexibility index (Phi) is 4.59. The first-order valence-electron chi connectivity index (χ1n) is 8.89. The SMILES string of the molecule is Cc1cc2c(N3CCCC(C(=O)O)C3)nc(Cc3ccccc3)nc2s1. The van der Waals surface area contributed by atoms with Gasteiger partial charge in [0.2, 0.25) is 0 Å². The fourth-order valence-corrected chi connectivity index (χ4v) is 4.43. The number of fused-ring (bicyclic) bond motifs is 1. The molecule has 2 aromatic heterocycles. The van der Waals surface area contributed by atoms with E-state index in [0.29, 0.717) is 13.0 Å². The Hall–Kier alpha value is -2.47. The number of hydrogen-bond acceptors (Lipinski definition) is 5. The lowest BCUT2D eigenvalue weighted by atomic mass is 9.98. The Morgan fingerprint density at radius 1 is 1.31 bits per heavy atom. The van der Waals surface area contributed by atoms with Gasteiger partial charge >= 0.3 is 5.97 Å². The Morgan fingerprint density at radius 3 is 2.88 bits per heavy atom. The monoisotopic (exact) mass is 367 g/mol. The zero-order valence-corrected chi connectivity index (χ0v) is 15.5. The van der Waals surface area contributed by atoms with E-state index < -0.39 is 5.97 Å². The molecule has 26 heavy (non-hydrogen) atoms. The van der Waals surface area contributed by atoms with Crippen molar-refractivity contribution in [3.8, 4) is 0 Å². The molecular formula is C20H21N3O2S. The number of carboxylic acids is 1. The van der Waals surface area contributed by atoms with Crippen LogP contribution in [0.3, 0.4) is 0 Å². The second kappa shape index (κ2) is 7.03. The molecule has 0 aliphatic carbocycles. The van der Waals surface area contributed by atoms with Gasteiger partial charge in [-0.25, -0.2) is 9.97 Å². The summed E-state index contributed by atoms with van der Waals surface area (Å²) in [7, 11) is 0. The first-order chi connectivity index (χ1) is 12.6. The minimum absolute atomic E-state index is 0.328. The molecule has 0 radical (unpaired) electrons. The Bertz CT molecular complexity index is 939. The molecule has 1 saturated heterocycles. The van der Waals surface area contributed by atoms with E-state index in [9.17, 15) is 9.90 Å². The van der Waals surface area contributed by atoms with Crippen LogP contribution in [0.5, 0.6) is 0 Å². The van der Waals surface area contributed by atoms with Gasteiger partial charge < -0.3 is 10.0 Å². The summed E-state index contributed by atoms with van der Waals surface area (Å²) in [4.78, 5) is 25.4. The average molecular weight is 367 g/mol. The number of carboxylic acid groups (broad SMARTS) is 1. The fourth-order valence-electron chi connectivity index (χ4n) is 3.54. The number of thiophene rings is 1. The van der Waals surface area contributed by atoms with Crippen molar-refractivity contribution in [1.82, 2.24) is 9.97 Å². The molecule has 3 aromatic rings. The van der Waals surface area contributed by atoms with Crippen LogP contribution in [-0.2, 0) is 11.2 Å². The van der Waals surface area contributed by atoms with Crippen molar-refractivity contribution in [1.29, 1.82) is 0 Å². The van der Waals surface area contributed by atoms with Gasteiger partial charge in [-0.05, 0) is 31.4 Å². The number of carbonyl (C=O) groups is 1. The Balaban J connectivity index is 1.73. The molecule has 1 fully saturated rings. The van der Waals surface area contributed by atoms with Gasteiger partial charge in [0, 0.05) is 24.4 Å². The third-order valence-corrected chi connectivity index (χ3v) is 5.76. The van der Waals surface area contributed by atoms with Crippen molar-refractivity contribution in [2.45, 2.75) is 26.2 Å². The smallest absolute Gasteiger partial charge is 0.308 e. The van der Waals surface area contributed by atoms with Gasteiger partial charge in [-0.1, -0.05) is 30.3 Å². The van der Waals surface area contributed by atoms with E-state index >= 15 is 0 Å². The van der Waals surface area contributed by atoms with Crippen LogP contribution in [0.25, 0.3) is 10.2 Å². The predicted molar refractivity (Wildman–Crippen MR) is 104 cm³/mol. The molecular weight excluding hydrogens is 346 g/mol. The first kappa shape index (κ1) is 17.0. The molecule has 1 N–H and O–H groups in total.